The van der Waals surface area contributed by atoms with Gasteiger partial charge in [0.15, 0.2) is 0 Å². The molecule has 0 aliphatic rings. The summed E-state index contributed by atoms with van der Waals surface area (Å²) in [5.41, 5.74) is 0.731. The van der Waals surface area contributed by atoms with E-state index < -0.39 is 11.7 Å². The molecule has 0 aliphatic heterocycles. The Balaban J connectivity index is 2.19. The third-order valence-electron chi connectivity index (χ3n) is 3.71. The summed E-state index contributed by atoms with van der Waals surface area (Å²) in [5.74, 6) is -0.382. The molecule has 0 unspecified atom stereocenters. The van der Waals surface area contributed by atoms with Gasteiger partial charge in [0.25, 0.3) is 5.91 Å². The lowest BCUT2D eigenvalue weighted by Gasteiger charge is -2.15. The fourth-order valence-corrected chi connectivity index (χ4v) is 2.48. The Kier molecular flexibility index (Phi) is 4.31. The highest BCUT2D eigenvalue weighted by Crippen LogP contribution is 2.34. The van der Waals surface area contributed by atoms with E-state index in [-0.39, 0.29) is 17.0 Å². The second-order valence-electron chi connectivity index (χ2n) is 5.35. The lowest BCUT2D eigenvalue weighted by atomic mass is 10.1. The van der Waals surface area contributed by atoms with E-state index in [0.717, 1.165) is 12.1 Å². The minimum absolute atomic E-state index is 0.154. The Labute approximate surface area is 141 Å². The normalized spacial score (nSPS) is 11.4. The Morgan fingerprint density at radius 3 is 2.44 bits per heavy atom. The van der Waals surface area contributed by atoms with E-state index in [9.17, 15) is 18.0 Å². The highest BCUT2D eigenvalue weighted by atomic mass is 19.4. The van der Waals surface area contributed by atoms with Crippen molar-refractivity contribution in [2.24, 2.45) is 0 Å². The van der Waals surface area contributed by atoms with E-state index in [4.69, 9.17) is 0 Å². The molecule has 25 heavy (non-hydrogen) atoms. The number of anilines is 2. The lowest BCUT2D eigenvalue weighted by molar-refractivity contribution is -0.137. The van der Waals surface area contributed by atoms with Gasteiger partial charge in [-0.2, -0.15) is 13.2 Å². The zero-order chi connectivity index (χ0) is 18.0. The lowest BCUT2D eigenvalue weighted by Crippen LogP contribution is -2.19. The van der Waals surface area contributed by atoms with Crippen LogP contribution in [0.25, 0.3) is 10.9 Å². The first kappa shape index (κ1) is 16.8. The number of carbonyl (C=O) groups is 1. The molecule has 2 aromatic carbocycles. The van der Waals surface area contributed by atoms with Crippen LogP contribution in [0.1, 0.15) is 15.9 Å². The highest BCUT2D eigenvalue weighted by Gasteiger charge is 2.31. The second-order valence-corrected chi connectivity index (χ2v) is 5.35. The van der Waals surface area contributed by atoms with E-state index in [1.165, 1.54) is 19.3 Å². The topological polar surface area (TPSA) is 54.0 Å². The van der Waals surface area contributed by atoms with E-state index in [2.05, 4.69) is 15.6 Å². The van der Waals surface area contributed by atoms with Gasteiger partial charge in [-0.1, -0.05) is 24.3 Å². The molecule has 0 atom stereocenters. The SMILES string of the molecule is CNC(=O)c1cnc2cc(C(F)(F)F)ccc2c1Nc1ccccc1. The predicted octanol–water partition coefficient (Wildman–Crippen LogP) is 4.36. The van der Waals surface area contributed by atoms with Crippen LogP contribution in [0.5, 0.6) is 0 Å². The number of para-hydroxylation sites is 1. The molecule has 0 spiro atoms. The van der Waals surface area contributed by atoms with Gasteiger partial charge < -0.3 is 10.6 Å². The number of alkyl halides is 3. The summed E-state index contributed by atoms with van der Waals surface area (Å²) in [6.45, 7) is 0. The van der Waals surface area contributed by atoms with Crippen molar-refractivity contribution in [3.63, 3.8) is 0 Å². The molecular weight excluding hydrogens is 331 g/mol. The predicted molar refractivity (Wildman–Crippen MR) is 89.9 cm³/mol. The molecule has 3 rings (SSSR count). The van der Waals surface area contributed by atoms with E-state index in [1.54, 1.807) is 12.1 Å². The Morgan fingerprint density at radius 1 is 1.08 bits per heavy atom. The first-order valence-corrected chi connectivity index (χ1v) is 7.44. The molecule has 0 saturated heterocycles. The maximum absolute atomic E-state index is 12.9. The van der Waals surface area contributed by atoms with Crippen molar-refractivity contribution < 1.29 is 18.0 Å². The number of hydrogen-bond donors (Lipinski definition) is 2. The van der Waals surface area contributed by atoms with Gasteiger partial charge >= 0.3 is 6.18 Å². The van der Waals surface area contributed by atoms with Crippen LogP contribution in [0.3, 0.4) is 0 Å². The quantitative estimate of drug-likeness (QED) is 0.742. The van der Waals surface area contributed by atoms with E-state index in [0.29, 0.717) is 16.8 Å². The largest absolute Gasteiger partial charge is 0.416 e. The number of fused-ring (bicyclic) bond motifs is 1. The number of rotatable bonds is 3. The maximum atomic E-state index is 12.9. The number of pyridine rings is 1. The van der Waals surface area contributed by atoms with Crippen LogP contribution in [-0.4, -0.2) is 17.9 Å². The van der Waals surface area contributed by atoms with Gasteiger partial charge in [-0.3, -0.25) is 9.78 Å². The fraction of sp³-hybridized carbons (Fsp3) is 0.111. The second kappa shape index (κ2) is 6.43. The molecule has 7 heteroatoms. The van der Waals surface area contributed by atoms with Crippen LogP contribution in [0.4, 0.5) is 24.5 Å². The van der Waals surface area contributed by atoms with Crippen molar-refractivity contribution in [3.8, 4) is 0 Å². The monoisotopic (exact) mass is 345 g/mol. The molecule has 3 aromatic rings. The van der Waals surface area contributed by atoms with Crippen molar-refractivity contribution in [1.29, 1.82) is 0 Å². The van der Waals surface area contributed by atoms with Crippen LogP contribution < -0.4 is 10.6 Å². The van der Waals surface area contributed by atoms with Crippen LogP contribution in [0, 0.1) is 0 Å². The van der Waals surface area contributed by atoms with Crippen molar-refractivity contribution in [1.82, 2.24) is 10.3 Å². The van der Waals surface area contributed by atoms with Gasteiger partial charge in [0.1, 0.15) is 0 Å². The number of amides is 1. The summed E-state index contributed by atoms with van der Waals surface area (Å²) in [6.07, 6.45) is -3.19. The standard InChI is InChI=1S/C18H14F3N3O/c1-22-17(25)14-10-23-15-9-11(18(19,20)21)7-8-13(15)16(14)24-12-5-3-2-4-6-12/h2-10H,1H3,(H,22,25)(H,23,24). The van der Waals surface area contributed by atoms with Gasteiger partial charge in [-0.15, -0.1) is 0 Å². The minimum atomic E-state index is -4.46. The summed E-state index contributed by atoms with van der Waals surface area (Å²) in [6, 6.07) is 12.3. The Bertz CT molecular complexity index is 924. The Morgan fingerprint density at radius 2 is 1.80 bits per heavy atom. The number of benzene rings is 2. The summed E-state index contributed by atoms with van der Waals surface area (Å²) >= 11 is 0. The number of nitrogens with zero attached hydrogens (tertiary/aromatic N) is 1. The molecule has 0 radical (unpaired) electrons. The minimum Gasteiger partial charge on any atom is -0.355 e. The summed E-state index contributed by atoms with van der Waals surface area (Å²) in [4.78, 5) is 16.1. The van der Waals surface area contributed by atoms with Crippen molar-refractivity contribution in [2.75, 3.05) is 12.4 Å². The van der Waals surface area contributed by atoms with Crippen LogP contribution in [-0.2, 0) is 6.18 Å². The molecule has 4 nitrogen and oxygen atoms in total. The van der Waals surface area contributed by atoms with Crippen molar-refractivity contribution >= 4 is 28.2 Å². The fourth-order valence-electron chi connectivity index (χ4n) is 2.48. The van der Waals surface area contributed by atoms with Crippen LogP contribution in [0.2, 0.25) is 0 Å². The third-order valence-corrected chi connectivity index (χ3v) is 3.71. The van der Waals surface area contributed by atoms with Crippen molar-refractivity contribution in [2.45, 2.75) is 6.18 Å². The van der Waals surface area contributed by atoms with Gasteiger partial charge in [0, 0.05) is 24.3 Å². The number of hydrogen-bond acceptors (Lipinski definition) is 3. The average Bonchev–Trinajstić information content (AvgIpc) is 2.61. The number of nitrogens with one attached hydrogen (secondary N) is 2. The first-order valence-electron chi connectivity index (χ1n) is 7.44. The highest BCUT2D eigenvalue weighted by molar-refractivity contribution is 6.08. The molecule has 0 bridgehead atoms. The zero-order valence-electron chi connectivity index (χ0n) is 13.2. The molecule has 2 N–H and O–H groups in total. The molecule has 1 heterocycles. The van der Waals surface area contributed by atoms with Gasteiger partial charge in [0.2, 0.25) is 0 Å². The van der Waals surface area contributed by atoms with Gasteiger partial charge in [0.05, 0.1) is 22.3 Å². The summed E-state index contributed by atoms with van der Waals surface area (Å²) < 4.78 is 38.8. The molecule has 128 valence electrons. The molecule has 0 saturated carbocycles. The third kappa shape index (κ3) is 3.40. The number of aromatic nitrogens is 1. The van der Waals surface area contributed by atoms with Gasteiger partial charge in [-0.05, 0) is 24.3 Å². The Hall–Kier alpha value is -3.09. The summed E-state index contributed by atoms with van der Waals surface area (Å²) in [7, 11) is 1.48. The number of halogens is 3. The van der Waals surface area contributed by atoms with E-state index in [1.807, 2.05) is 18.2 Å². The molecule has 1 aromatic heterocycles. The van der Waals surface area contributed by atoms with Crippen molar-refractivity contribution in [3.05, 3.63) is 65.9 Å². The van der Waals surface area contributed by atoms with Crippen LogP contribution >= 0.6 is 0 Å². The molecular formula is C18H14F3N3O. The molecule has 0 fully saturated rings. The van der Waals surface area contributed by atoms with Crippen LogP contribution in [0.15, 0.2) is 54.7 Å². The average molecular weight is 345 g/mol. The maximum Gasteiger partial charge on any atom is 0.416 e. The molecule has 1 amide bonds. The summed E-state index contributed by atoms with van der Waals surface area (Å²) in [5, 5.41) is 6.04. The van der Waals surface area contributed by atoms with E-state index >= 15 is 0 Å². The number of carbonyl (C=O) groups excluding carboxylic acids is 1. The smallest absolute Gasteiger partial charge is 0.355 e. The molecule has 0 aliphatic carbocycles. The van der Waals surface area contributed by atoms with Gasteiger partial charge in [-0.25, -0.2) is 0 Å². The first-order chi connectivity index (χ1) is 11.9. The zero-order valence-corrected chi connectivity index (χ0v) is 13.2.